The first-order valence-electron chi connectivity index (χ1n) is 8.69. The summed E-state index contributed by atoms with van der Waals surface area (Å²) in [4.78, 5) is 21.4. The van der Waals surface area contributed by atoms with Gasteiger partial charge in [0.2, 0.25) is 5.91 Å². The summed E-state index contributed by atoms with van der Waals surface area (Å²) < 4.78 is 20.0. The third-order valence-electron chi connectivity index (χ3n) is 4.45. The van der Waals surface area contributed by atoms with Gasteiger partial charge in [0.15, 0.2) is 0 Å². The van der Waals surface area contributed by atoms with Crippen LogP contribution in [0.25, 0.3) is 21.9 Å². The number of carbonyl (C=O) groups is 1. The molecule has 6 nitrogen and oxygen atoms in total. The van der Waals surface area contributed by atoms with Gasteiger partial charge in [-0.25, -0.2) is 9.37 Å². The number of imidazole rings is 1. The molecule has 2 aromatic carbocycles. The van der Waals surface area contributed by atoms with Crippen LogP contribution in [0.4, 0.5) is 4.39 Å². The second kappa shape index (κ2) is 7.11. The fourth-order valence-corrected chi connectivity index (χ4v) is 3.15. The van der Waals surface area contributed by atoms with Crippen molar-refractivity contribution in [2.24, 2.45) is 0 Å². The number of ether oxygens (including phenoxy) is 1. The average molecular weight is 366 g/mol. The molecule has 2 aromatic heterocycles. The van der Waals surface area contributed by atoms with E-state index in [9.17, 15) is 9.18 Å². The van der Waals surface area contributed by atoms with E-state index in [2.05, 4.69) is 20.3 Å². The SMILES string of the molecule is CC(=O)NCCc1c[nH]c2c(OCc3ccc4nc[nH]c4c3)cc(F)cc12. The normalized spacial score (nSPS) is 11.2. The lowest BCUT2D eigenvalue weighted by Crippen LogP contribution is -2.22. The van der Waals surface area contributed by atoms with Crippen LogP contribution in [0.1, 0.15) is 18.1 Å². The van der Waals surface area contributed by atoms with E-state index in [-0.39, 0.29) is 11.7 Å². The van der Waals surface area contributed by atoms with Gasteiger partial charge >= 0.3 is 0 Å². The molecule has 0 aliphatic heterocycles. The van der Waals surface area contributed by atoms with Crippen molar-refractivity contribution >= 4 is 27.8 Å². The zero-order valence-electron chi connectivity index (χ0n) is 14.8. The first-order valence-corrected chi connectivity index (χ1v) is 8.69. The van der Waals surface area contributed by atoms with Crippen molar-refractivity contribution < 1.29 is 13.9 Å². The minimum Gasteiger partial charge on any atom is -0.487 e. The van der Waals surface area contributed by atoms with Crippen molar-refractivity contribution in [1.29, 1.82) is 0 Å². The van der Waals surface area contributed by atoms with Gasteiger partial charge in [-0.15, -0.1) is 0 Å². The summed E-state index contributed by atoms with van der Waals surface area (Å²) in [6, 6.07) is 8.68. The zero-order chi connectivity index (χ0) is 18.8. The highest BCUT2D eigenvalue weighted by atomic mass is 19.1. The second-order valence-electron chi connectivity index (χ2n) is 6.42. The van der Waals surface area contributed by atoms with E-state index in [4.69, 9.17) is 4.74 Å². The molecule has 0 radical (unpaired) electrons. The molecule has 4 rings (SSSR count). The molecule has 0 spiro atoms. The van der Waals surface area contributed by atoms with Crippen LogP contribution in [-0.4, -0.2) is 27.4 Å². The number of nitrogens with one attached hydrogen (secondary N) is 3. The van der Waals surface area contributed by atoms with Crippen molar-refractivity contribution in [3.8, 4) is 5.75 Å². The maximum atomic E-state index is 14.1. The van der Waals surface area contributed by atoms with Gasteiger partial charge in [0.05, 0.1) is 22.9 Å². The molecule has 0 unspecified atom stereocenters. The van der Waals surface area contributed by atoms with E-state index in [0.717, 1.165) is 33.1 Å². The summed E-state index contributed by atoms with van der Waals surface area (Å²) in [5.74, 6) is 0.0154. The molecule has 4 aromatic rings. The molecule has 0 aliphatic rings. The number of fused-ring (bicyclic) bond motifs is 2. The molecule has 0 saturated heterocycles. The minimum atomic E-state index is -0.359. The van der Waals surface area contributed by atoms with Gasteiger partial charge in [-0.05, 0) is 35.7 Å². The number of aromatic amines is 2. The molecule has 7 heteroatoms. The molecule has 0 bridgehead atoms. The highest BCUT2D eigenvalue weighted by molar-refractivity contribution is 5.88. The summed E-state index contributed by atoms with van der Waals surface area (Å²) in [5, 5.41) is 3.51. The lowest BCUT2D eigenvalue weighted by molar-refractivity contribution is -0.118. The summed E-state index contributed by atoms with van der Waals surface area (Å²) in [5.41, 5.74) is 4.46. The molecule has 0 saturated carbocycles. The molecule has 1 amide bonds. The molecule has 0 atom stereocenters. The van der Waals surface area contributed by atoms with E-state index >= 15 is 0 Å². The largest absolute Gasteiger partial charge is 0.487 e. The van der Waals surface area contributed by atoms with Gasteiger partial charge in [0.1, 0.15) is 18.2 Å². The topological polar surface area (TPSA) is 82.8 Å². The van der Waals surface area contributed by atoms with Crippen LogP contribution >= 0.6 is 0 Å². The summed E-state index contributed by atoms with van der Waals surface area (Å²) >= 11 is 0. The second-order valence-corrected chi connectivity index (χ2v) is 6.42. The lowest BCUT2D eigenvalue weighted by atomic mass is 10.1. The Morgan fingerprint density at radius 2 is 2.15 bits per heavy atom. The third-order valence-corrected chi connectivity index (χ3v) is 4.45. The van der Waals surface area contributed by atoms with Gasteiger partial charge in [-0.1, -0.05) is 6.07 Å². The van der Waals surface area contributed by atoms with E-state index < -0.39 is 0 Å². The molecule has 0 fully saturated rings. The van der Waals surface area contributed by atoms with E-state index in [1.54, 1.807) is 6.33 Å². The van der Waals surface area contributed by atoms with Crippen molar-refractivity contribution in [1.82, 2.24) is 20.3 Å². The first kappa shape index (κ1) is 17.1. The highest BCUT2D eigenvalue weighted by Gasteiger charge is 2.12. The van der Waals surface area contributed by atoms with E-state index in [1.807, 2.05) is 24.4 Å². The zero-order valence-corrected chi connectivity index (χ0v) is 14.8. The Labute approximate surface area is 154 Å². The number of amides is 1. The Kier molecular flexibility index (Phi) is 4.50. The minimum absolute atomic E-state index is 0.0840. The number of benzene rings is 2. The van der Waals surface area contributed by atoms with Crippen LogP contribution in [-0.2, 0) is 17.8 Å². The quantitative estimate of drug-likeness (QED) is 0.489. The monoisotopic (exact) mass is 366 g/mol. The van der Waals surface area contributed by atoms with Gasteiger partial charge in [0.25, 0.3) is 0 Å². The Balaban J connectivity index is 1.55. The fourth-order valence-electron chi connectivity index (χ4n) is 3.15. The van der Waals surface area contributed by atoms with Crippen LogP contribution in [0.3, 0.4) is 0 Å². The number of carbonyl (C=O) groups excluding carboxylic acids is 1. The fraction of sp³-hybridized carbons (Fsp3) is 0.200. The maximum absolute atomic E-state index is 14.1. The molecule has 3 N–H and O–H groups in total. The number of aromatic nitrogens is 3. The van der Waals surface area contributed by atoms with Crippen molar-refractivity contribution in [3.63, 3.8) is 0 Å². The molecule has 0 aliphatic carbocycles. The number of halogens is 1. The Morgan fingerprint density at radius 1 is 1.26 bits per heavy atom. The number of nitrogens with zero attached hydrogens (tertiary/aromatic N) is 1. The van der Waals surface area contributed by atoms with Gasteiger partial charge in [-0.2, -0.15) is 0 Å². The number of H-pyrrole nitrogens is 2. The average Bonchev–Trinajstić information content (AvgIpc) is 3.26. The molecular formula is C20H19FN4O2. The van der Waals surface area contributed by atoms with Gasteiger partial charge in [0, 0.05) is 31.1 Å². The first-order chi connectivity index (χ1) is 13.1. The standard InChI is InChI=1S/C20H19FN4O2/c1-12(26)22-5-4-14-9-23-20-16(14)7-15(21)8-19(20)27-10-13-2-3-17-18(6-13)25-11-24-17/h2-3,6-9,11,23H,4-5,10H2,1H3,(H,22,26)(H,24,25). The van der Waals surface area contributed by atoms with Gasteiger partial charge < -0.3 is 20.0 Å². The van der Waals surface area contributed by atoms with E-state index in [0.29, 0.717) is 25.3 Å². The van der Waals surface area contributed by atoms with Gasteiger partial charge in [-0.3, -0.25) is 4.79 Å². The summed E-state index contributed by atoms with van der Waals surface area (Å²) in [6.07, 6.45) is 4.08. The molecule has 2 heterocycles. The predicted molar refractivity (Wildman–Crippen MR) is 101 cm³/mol. The molecular weight excluding hydrogens is 347 g/mol. The summed E-state index contributed by atoms with van der Waals surface area (Å²) in [6.45, 7) is 2.29. The van der Waals surface area contributed by atoms with Crippen molar-refractivity contribution in [3.05, 3.63) is 59.8 Å². The van der Waals surface area contributed by atoms with Crippen LogP contribution in [0.2, 0.25) is 0 Å². The van der Waals surface area contributed by atoms with Crippen LogP contribution < -0.4 is 10.1 Å². The molecule has 27 heavy (non-hydrogen) atoms. The number of rotatable bonds is 6. The number of hydrogen-bond acceptors (Lipinski definition) is 3. The lowest BCUT2D eigenvalue weighted by Gasteiger charge is -2.09. The smallest absolute Gasteiger partial charge is 0.216 e. The van der Waals surface area contributed by atoms with E-state index in [1.165, 1.54) is 19.1 Å². The summed E-state index contributed by atoms with van der Waals surface area (Å²) in [7, 11) is 0. The third kappa shape index (κ3) is 3.62. The Morgan fingerprint density at radius 3 is 3.00 bits per heavy atom. The maximum Gasteiger partial charge on any atom is 0.216 e. The van der Waals surface area contributed by atoms with Crippen molar-refractivity contribution in [2.75, 3.05) is 6.54 Å². The predicted octanol–water partition coefficient (Wildman–Crippen LogP) is 3.44. The number of hydrogen-bond donors (Lipinski definition) is 3. The van der Waals surface area contributed by atoms with Crippen LogP contribution in [0.15, 0.2) is 42.9 Å². The van der Waals surface area contributed by atoms with Crippen LogP contribution in [0, 0.1) is 5.82 Å². The Bertz CT molecular complexity index is 1120. The molecule has 138 valence electrons. The van der Waals surface area contributed by atoms with Crippen molar-refractivity contribution in [2.45, 2.75) is 20.0 Å². The highest BCUT2D eigenvalue weighted by Crippen LogP contribution is 2.30. The van der Waals surface area contributed by atoms with Crippen LogP contribution in [0.5, 0.6) is 5.75 Å². The Hall–Kier alpha value is -3.35.